The lowest BCUT2D eigenvalue weighted by Gasteiger charge is -2.28. The molecule has 29 heavy (non-hydrogen) atoms. The Balaban J connectivity index is 2.00. The van der Waals surface area contributed by atoms with Crippen LogP contribution in [0.4, 0.5) is 5.95 Å². The Kier molecular flexibility index (Phi) is 6.01. The summed E-state index contributed by atoms with van der Waals surface area (Å²) in [6.07, 6.45) is 3.74. The average Bonchev–Trinajstić information content (AvgIpc) is 2.99. The SMILES string of the molecule is C=C1C=NC(Cn2cc(C#CCCC(N)=O)c3c(Cl)nc(N)nc32)C(=C)C1OC. The number of primary amides is 1. The van der Waals surface area contributed by atoms with E-state index in [1.807, 2.05) is 10.8 Å². The molecule has 3 heterocycles. The third kappa shape index (κ3) is 4.31. The van der Waals surface area contributed by atoms with E-state index in [0.29, 0.717) is 29.6 Å². The van der Waals surface area contributed by atoms with Crippen LogP contribution in [0.5, 0.6) is 0 Å². The lowest BCUT2D eigenvalue weighted by Crippen LogP contribution is -2.31. The molecule has 2 aromatic heterocycles. The van der Waals surface area contributed by atoms with E-state index in [-0.39, 0.29) is 29.7 Å². The summed E-state index contributed by atoms with van der Waals surface area (Å²) < 4.78 is 7.34. The fourth-order valence-electron chi connectivity index (χ4n) is 3.15. The van der Waals surface area contributed by atoms with Crippen molar-refractivity contribution in [3.8, 4) is 11.8 Å². The van der Waals surface area contributed by atoms with Crippen LogP contribution in [0.25, 0.3) is 11.0 Å². The first kappa shape index (κ1) is 20.6. The quantitative estimate of drug-likeness (QED) is 0.441. The Bertz CT molecular complexity index is 1090. The van der Waals surface area contributed by atoms with Gasteiger partial charge in [0.05, 0.1) is 23.5 Å². The monoisotopic (exact) mass is 412 g/mol. The number of methoxy groups -OCH3 is 1. The normalized spacial score (nSPS) is 18.7. The van der Waals surface area contributed by atoms with Crippen molar-refractivity contribution in [1.82, 2.24) is 14.5 Å². The molecule has 0 bridgehead atoms. The van der Waals surface area contributed by atoms with Crippen molar-refractivity contribution in [1.29, 1.82) is 0 Å². The number of fused-ring (bicyclic) bond motifs is 1. The van der Waals surface area contributed by atoms with Gasteiger partial charge in [0.2, 0.25) is 11.9 Å². The molecule has 0 radical (unpaired) electrons. The van der Waals surface area contributed by atoms with Crippen molar-refractivity contribution in [2.45, 2.75) is 31.5 Å². The number of anilines is 1. The molecule has 0 aromatic carbocycles. The first-order valence-electron chi connectivity index (χ1n) is 8.84. The Morgan fingerprint density at radius 1 is 1.41 bits per heavy atom. The summed E-state index contributed by atoms with van der Waals surface area (Å²) in [6.45, 7) is 8.51. The number of carbonyl (C=O) groups is 1. The summed E-state index contributed by atoms with van der Waals surface area (Å²) in [4.78, 5) is 23.8. The number of amides is 1. The number of carbonyl (C=O) groups excluding carboxylic acids is 1. The Morgan fingerprint density at radius 3 is 2.86 bits per heavy atom. The van der Waals surface area contributed by atoms with Gasteiger partial charge in [-0.05, 0) is 11.1 Å². The molecule has 1 aliphatic heterocycles. The summed E-state index contributed by atoms with van der Waals surface area (Å²) in [5.41, 5.74) is 13.7. The van der Waals surface area contributed by atoms with Crippen LogP contribution in [0, 0.1) is 11.8 Å². The zero-order valence-corrected chi connectivity index (χ0v) is 16.7. The second-order valence-corrected chi connectivity index (χ2v) is 6.95. The van der Waals surface area contributed by atoms with Crippen LogP contribution in [0.15, 0.2) is 35.5 Å². The van der Waals surface area contributed by atoms with Crippen molar-refractivity contribution in [2.75, 3.05) is 12.8 Å². The minimum absolute atomic E-state index is 0.0594. The molecule has 150 valence electrons. The van der Waals surface area contributed by atoms with Gasteiger partial charge in [0, 0.05) is 32.4 Å². The summed E-state index contributed by atoms with van der Waals surface area (Å²) in [5, 5.41) is 0.796. The van der Waals surface area contributed by atoms with Gasteiger partial charge in [-0.3, -0.25) is 9.79 Å². The molecular formula is C20H21ClN6O2. The van der Waals surface area contributed by atoms with Crippen LogP contribution < -0.4 is 11.5 Å². The third-order valence-electron chi connectivity index (χ3n) is 4.54. The molecule has 1 aliphatic rings. The van der Waals surface area contributed by atoms with Crippen LogP contribution in [0.3, 0.4) is 0 Å². The lowest BCUT2D eigenvalue weighted by molar-refractivity contribution is -0.117. The largest absolute Gasteiger partial charge is 0.372 e. The number of nitrogens with two attached hydrogens (primary N) is 2. The minimum atomic E-state index is -0.404. The Morgan fingerprint density at radius 2 is 2.17 bits per heavy atom. The average molecular weight is 413 g/mol. The van der Waals surface area contributed by atoms with Gasteiger partial charge in [-0.1, -0.05) is 36.6 Å². The van der Waals surface area contributed by atoms with Crippen molar-refractivity contribution in [3.63, 3.8) is 0 Å². The van der Waals surface area contributed by atoms with E-state index in [4.69, 9.17) is 27.8 Å². The third-order valence-corrected chi connectivity index (χ3v) is 4.81. The fourth-order valence-corrected chi connectivity index (χ4v) is 3.42. The van der Waals surface area contributed by atoms with E-state index in [1.165, 1.54) is 0 Å². The predicted molar refractivity (Wildman–Crippen MR) is 114 cm³/mol. The standard InChI is InChI=1S/C20H21ClN6O2/c1-11-8-24-14(12(2)17(11)29-3)10-27-9-13(6-4-5-7-15(22)28)16-18(21)25-20(23)26-19(16)27/h8-9,14,17H,1-2,5,7,10H2,3H3,(H2,22,28)(H2,23,25,26). The summed E-state index contributed by atoms with van der Waals surface area (Å²) >= 11 is 6.32. The number of ether oxygens (including phenoxy) is 1. The number of hydrogen-bond acceptors (Lipinski definition) is 6. The van der Waals surface area contributed by atoms with Gasteiger partial charge < -0.3 is 20.8 Å². The highest BCUT2D eigenvalue weighted by Crippen LogP contribution is 2.29. The highest BCUT2D eigenvalue weighted by Gasteiger charge is 2.27. The molecule has 0 spiro atoms. The van der Waals surface area contributed by atoms with E-state index in [2.05, 4.69) is 40.0 Å². The molecule has 2 unspecified atom stereocenters. The molecular weight excluding hydrogens is 392 g/mol. The molecule has 4 N–H and O–H groups in total. The van der Waals surface area contributed by atoms with Crippen LogP contribution in [0.2, 0.25) is 5.15 Å². The van der Waals surface area contributed by atoms with Gasteiger partial charge in [-0.25, -0.2) is 4.98 Å². The second kappa shape index (κ2) is 8.47. The van der Waals surface area contributed by atoms with Gasteiger partial charge in [0.25, 0.3) is 0 Å². The van der Waals surface area contributed by atoms with Crippen molar-refractivity contribution in [3.05, 3.63) is 41.2 Å². The van der Waals surface area contributed by atoms with Crippen LogP contribution in [0.1, 0.15) is 18.4 Å². The molecule has 0 saturated carbocycles. The van der Waals surface area contributed by atoms with Crippen LogP contribution in [-0.2, 0) is 16.1 Å². The van der Waals surface area contributed by atoms with Gasteiger partial charge in [-0.2, -0.15) is 4.98 Å². The smallest absolute Gasteiger partial charge is 0.223 e. The maximum atomic E-state index is 10.9. The maximum absolute atomic E-state index is 10.9. The number of aliphatic imine (C=N–C) groups is 1. The van der Waals surface area contributed by atoms with E-state index in [9.17, 15) is 4.79 Å². The number of halogens is 1. The summed E-state index contributed by atoms with van der Waals surface area (Å²) in [7, 11) is 1.61. The van der Waals surface area contributed by atoms with Crippen molar-refractivity contribution in [2.24, 2.45) is 10.7 Å². The summed E-state index contributed by atoms with van der Waals surface area (Å²) in [6, 6.07) is -0.244. The van der Waals surface area contributed by atoms with Crippen LogP contribution in [-0.4, -0.2) is 45.9 Å². The van der Waals surface area contributed by atoms with E-state index >= 15 is 0 Å². The molecule has 1 amide bonds. The highest BCUT2D eigenvalue weighted by molar-refractivity contribution is 6.34. The van der Waals surface area contributed by atoms with E-state index in [0.717, 1.165) is 11.1 Å². The first-order chi connectivity index (χ1) is 13.8. The summed E-state index contributed by atoms with van der Waals surface area (Å²) in [5.74, 6) is 5.60. The predicted octanol–water partition coefficient (Wildman–Crippen LogP) is 1.86. The zero-order chi connectivity index (χ0) is 21.1. The fraction of sp³-hybridized carbons (Fsp3) is 0.300. The molecule has 0 fully saturated rings. The Labute approximate surface area is 173 Å². The molecule has 3 rings (SSSR count). The van der Waals surface area contributed by atoms with Gasteiger partial charge >= 0.3 is 0 Å². The highest BCUT2D eigenvalue weighted by atomic mass is 35.5. The van der Waals surface area contributed by atoms with Crippen molar-refractivity contribution < 1.29 is 9.53 Å². The topological polar surface area (TPSA) is 121 Å². The minimum Gasteiger partial charge on any atom is -0.372 e. The lowest BCUT2D eigenvalue weighted by atomic mass is 9.95. The molecule has 8 nitrogen and oxygen atoms in total. The number of rotatable bonds is 5. The van der Waals surface area contributed by atoms with Gasteiger partial charge in [0.1, 0.15) is 16.9 Å². The number of aromatic nitrogens is 3. The van der Waals surface area contributed by atoms with E-state index < -0.39 is 5.91 Å². The first-order valence-corrected chi connectivity index (χ1v) is 9.22. The molecule has 0 saturated heterocycles. The van der Waals surface area contributed by atoms with Crippen LogP contribution >= 0.6 is 11.6 Å². The molecule has 0 aliphatic carbocycles. The van der Waals surface area contributed by atoms with Crippen molar-refractivity contribution >= 4 is 40.7 Å². The van der Waals surface area contributed by atoms with E-state index in [1.54, 1.807) is 13.3 Å². The molecule has 9 heteroatoms. The van der Waals surface area contributed by atoms with Gasteiger partial charge in [-0.15, -0.1) is 0 Å². The zero-order valence-electron chi connectivity index (χ0n) is 16.0. The maximum Gasteiger partial charge on any atom is 0.223 e. The van der Waals surface area contributed by atoms with Gasteiger partial charge in [0.15, 0.2) is 0 Å². The number of nitrogens with zero attached hydrogens (tertiary/aromatic N) is 4. The Hall–Kier alpha value is -3.15. The molecule has 2 aromatic rings. The molecule has 2 atom stereocenters. The second-order valence-electron chi connectivity index (χ2n) is 6.59. The number of nitrogen functional groups attached to an aromatic ring is 1. The number of hydrogen-bond donors (Lipinski definition) is 2.